The van der Waals surface area contributed by atoms with Gasteiger partial charge in [0.05, 0.1) is 0 Å². The van der Waals surface area contributed by atoms with Gasteiger partial charge >= 0.3 is 12.4 Å². The van der Waals surface area contributed by atoms with Gasteiger partial charge in [0, 0.05) is 12.5 Å². The van der Waals surface area contributed by atoms with Crippen LogP contribution in [0.2, 0.25) is 0 Å². The first-order valence-electron chi connectivity index (χ1n) is 10.7. The van der Waals surface area contributed by atoms with Crippen LogP contribution < -0.4 is 14.8 Å². The fourth-order valence-electron chi connectivity index (χ4n) is 4.20. The zero-order valence-electron chi connectivity index (χ0n) is 17.6. The number of alkyl halides is 2. The number of fused-ring (bicyclic) bond motifs is 4. The Labute approximate surface area is 189 Å². The average Bonchev–Trinajstić information content (AvgIpc) is 3.29. The maximum Gasteiger partial charge on any atom is 0.586 e. The Morgan fingerprint density at radius 2 is 1.64 bits per heavy atom. The lowest BCUT2D eigenvalue weighted by Crippen LogP contribution is -2.26. The molecular weight excluding hydrogens is 428 g/mol. The van der Waals surface area contributed by atoms with Gasteiger partial charge in [-0.3, -0.25) is 0 Å². The Morgan fingerprint density at radius 3 is 2.36 bits per heavy atom. The molecule has 3 aromatic carbocycles. The van der Waals surface area contributed by atoms with Crippen LogP contribution in [-0.2, 0) is 4.74 Å². The third kappa shape index (κ3) is 4.39. The largest absolute Gasteiger partial charge is 0.586 e. The van der Waals surface area contributed by atoms with E-state index in [2.05, 4.69) is 39.1 Å². The molecule has 0 aromatic heterocycles. The fraction of sp³-hybridized carbons (Fsp3) is 0.192. The van der Waals surface area contributed by atoms with Crippen LogP contribution in [0.25, 0.3) is 17.2 Å². The number of amides is 1. The average molecular weight is 449 g/mol. The first-order chi connectivity index (χ1) is 16.0. The normalized spacial score (nSPS) is 15.3. The molecule has 0 saturated carbocycles. The number of carbonyl (C=O) groups excluding carboxylic acids is 1. The van der Waals surface area contributed by atoms with Gasteiger partial charge in [-0.1, -0.05) is 66.7 Å². The molecule has 0 unspecified atom stereocenters. The number of hydrogen-bond acceptors (Lipinski definition) is 4. The van der Waals surface area contributed by atoms with Crippen LogP contribution in [0, 0.1) is 0 Å². The van der Waals surface area contributed by atoms with E-state index in [1.807, 2.05) is 30.3 Å². The molecule has 0 spiro atoms. The maximum atomic E-state index is 13.1. The number of rotatable bonds is 6. The number of benzene rings is 3. The lowest BCUT2D eigenvalue weighted by atomic mass is 9.98. The molecule has 2 aliphatic rings. The molecule has 1 aliphatic carbocycles. The lowest BCUT2D eigenvalue weighted by Gasteiger charge is -2.14. The molecule has 0 saturated heterocycles. The molecule has 0 atom stereocenters. The van der Waals surface area contributed by atoms with Crippen molar-refractivity contribution in [1.29, 1.82) is 0 Å². The van der Waals surface area contributed by atoms with Crippen molar-refractivity contribution in [2.45, 2.75) is 18.6 Å². The van der Waals surface area contributed by atoms with Gasteiger partial charge in [-0.25, -0.2) is 4.79 Å². The van der Waals surface area contributed by atoms with E-state index in [-0.39, 0.29) is 24.0 Å². The van der Waals surface area contributed by atoms with Crippen LogP contribution in [0.4, 0.5) is 13.6 Å². The number of carbonyl (C=O) groups is 1. The van der Waals surface area contributed by atoms with Crippen molar-refractivity contribution < 1.29 is 27.8 Å². The van der Waals surface area contributed by atoms with Crippen LogP contribution >= 0.6 is 0 Å². The van der Waals surface area contributed by atoms with Gasteiger partial charge in [0.15, 0.2) is 11.5 Å². The molecule has 168 valence electrons. The molecule has 5 nitrogen and oxygen atoms in total. The third-order valence-corrected chi connectivity index (χ3v) is 5.66. The first kappa shape index (κ1) is 21.0. The Kier molecular flexibility index (Phi) is 5.46. The summed E-state index contributed by atoms with van der Waals surface area (Å²) < 4.78 is 40.5. The summed E-state index contributed by atoms with van der Waals surface area (Å²) in [6.45, 7) is 0.646. The van der Waals surface area contributed by atoms with Crippen molar-refractivity contribution in [2.75, 3.05) is 13.2 Å². The second kappa shape index (κ2) is 8.58. The second-order valence-corrected chi connectivity index (χ2v) is 7.82. The number of nitrogens with one attached hydrogen (secondary N) is 1. The van der Waals surface area contributed by atoms with Gasteiger partial charge in [0.1, 0.15) is 6.61 Å². The molecule has 7 heteroatoms. The summed E-state index contributed by atoms with van der Waals surface area (Å²) in [7, 11) is 0. The summed E-state index contributed by atoms with van der Waals surface area (Å²) in [6, 6.07) is 20.9. The summed E-state index contributed by atoms with van der Waals surface area (Å²) in [5.74, 6) is 0.0226. The van der Waals surface area contributed by atoms with Crippen LogP contribution in [0.3, 0.4) is 0 Å². The fourth-order valence-corrected chi connectivity index (χ4v) is 4.20. The van der Waals surface area contributed by atoms with E-state index >= 15 is 0 Å². The van der Waals surface area contributed by atoms with Gasteiger partial charge in [-0.05, 0) is 46.4 Å². The molecule has 1 heterocycles. The summed E-state index contributed by atoms with van der Waals surface area (Å²) in [5, 5.41) is 2.74. The van der Waals surface area contributed by atoms with Crippen LogP contribution in [0.5, 0.6) is 11.5 Å². The van der Waals surface area contributed by atoms with Gasteiger partial charge in [0.2, 0.25) is 0 Å². The van der Waals surface area contributed by atoms with Crippen molar-refractivity contribution >= 4 is 12.2 Å². The van der Waals surface area contributed by atoms with E-state index < -0.39 is 12.4 Å². The monoisotopic (exact) mass is 449 g/mol. The molecular formula is C26H21F2NO4. The predicted molar refractivity (Wildman–Crippen MR) is 119 cm³/mol. The topological polar surface area (TPSA) is 56.8 Å². The molecule has 0 bridgehead atoms. The Hall–Kier alpha value is -3.87. The predicted octanol–water partition coefficient (Wildman–Crippen LogP) is 5.95. The van der Waals surface area contributed by atoms with E-state index in [4.69, 9.17) is 4.74 Å². The molecule has 33 heavy (non-hydrogen) atoms. The minimum atomic E-state index is -3.63. The highest BCUT2D eigenvalue weighted by molar-refractivity contribution is 5.79. The van der Waals surface area contributed by atoms with E-state index in [1.54, 1.807) is 12.1 Å². The van der Waals surface area contributed by atoms with Crippen molar-refractivity contribution in [3.63, 3.8) is 0 Å². The second-order valence-electron chi connectivity index (χ2n) is 7.82. The van der Waals surface area contributed by atoms with Crippen LogP contribution in [0.15, 0.2) is 72.8 Å². The van der Waals surface area contributed by atoms with E-state index in [9.17, 15) is 13.6 Å². The minimum absolute atomic E-state index is 0.00101. The lowest BCUT2D eigenvalue weighted by molar-refractivity contribution is -0.286. The van der Waals surface area contributed by atoms with E-state index in [0.717, 1.165) is 11.1 Å². The zero-order chi connectivity index (χ0) is 22.8. The van der Waals surface area contributed by atoms with E-state index in [1.165, 1.54) is 23.3 Å². The first-order valence-corrected chi connectivity index (χ1v) is 10.7. The van der Waals surface area contributed by atoms with Crippen molar-refractivity contribution in [2.24, 2.45) is 0 Å². The summed E-state index contributed by atoms with van der Waals surface area (Å²) in [6.07, 6.45) is 0.0429. The highest BCUT2D eigenvalue weighted by Gasteiger charge is 2.43. The molecule has 1 N–H and O–H groups in total. The van der Waals surface area contributed by atoms with Gasteiger partial charge < -0.3 is 19.5 Å². The third-order valence-electron chi connectivity index (χ3n) is 5.66. The number of alkyl carbamates (subject to hydrolysis) is 1. The van der Waals surface area contributed by atoms with Gasteiger partial charge in [0.25, 0.3) is 0 Å². The number of hydrogen-bond donors (Lipinski definition) is 1. The standard InChI is InChI=1S/C26H21F2NO4/c27-26(28)32-23-13-12-17(15-24(23)33-26)7-5-6-14-29-25(30)31-16-22-20-10-3-1-8-18(20)19-9-2-4-11-21(19)22/h1-5,7-13,15,22H,6,14,16H2,(H,29,30). The molecule has 0 radical (unpaired) electrons. The molecule has 5 rings (SSSR count). The summed E-state index contributed by atoms with van der Waals surface area (Å²) in [4.78, 5) is 12.2. The van der Waals surface area contributed by atoms with Crippen LogP contribution in [0.1, 0.15) is 29.0 Å². The van der Waals surface area contributed by atoms with E-state index in [0.29, 0.717) is 18.5 Å². The Bertz CT molecular complexity index is 1180. The number of ether oxygens (including phenoxy) is 3. The molecule has 3 aromatic rings. The molecule has 1 aliphatic heterocycles. The van der Waals surface area contributed by atoms with Gasteiger partial charge in [-0.2, -0.15) is 0 Å². The Balaban J connectivity index is 1.10. The highest BCUT2D eigenvalue weighted by atomic mass is 19.3. The molecule has 1 amide bonds. The Morgan fingerprint density at radius 1 is 0.970 bits per heavy atom. The minimum Gasteiger partial charge on any atom is -0.449 e. The van der Waals surface area contributed by atoms with Crippen molar-refractivity contribution in [3.8, 4) is 22.6 Å². The van der Waals surface area contributed by atoms with Crippen LogP contribution in [-0.4, -0.2) is 25.5 Å². The van der Waals surface area contributed by atoms with Gasteiger partial charge in [-0.15, -0.1) is 8.78 Å². The highest BCUT2D eigenvalue weighted by Crippen LogP contribution is 2.44. The summed E-state index contributed by atoms with van der Waals surface area (Å²) >= 11 is 0. The molecule has 0 fully saturated rings. The zero-order valence-corrected chi connectivity index (χ0v) is 17.6. The van der Waals surface area contributed by atoms with Crippen molar-refractivity contribution in [3.05, 3.63) is 89.5 Å². The number of halogens is 2. The SMILES string of the molecule is O=C(NCCC=Cc1ccc2c(c1)OC(F)(F)O2)OCC1c2ccccc2-c2ccccc21. The maximum absolute atomic E-state index is 13.1. The van der Waals surface area contributed by atoms with Crippen molar-refractivity contribution in [1.82, 2.24) is 5.32 Å². The summed E-state index contributed by atoms with van der Waals surface area (Å²) in [5.41, 5.74) is 5.38. The quantitative estimate of drug-likeness (QED) is 0.473. The smallest absolute Gasteiger partial charge is 0.449 e.